The van der Waals surface area contributed by atoms with E-state index in [4.69, 9.17) is 5.11 Å². The van der Waals surface area contributed by atoms with Crippen molar-refractivity contribution in [2.24, 2.45) is 5.92 Å². The fraction of sp³-hybridized carbons (Fsp3) is 0.571. The fourth-order valence-electron chi connectivity index (χ4n) is 1.99. The standard InChI is InChI=1S/C14H22FNO/c1-10(2)14(8-9-17)16-11(3)12-6-4-5-7-13(12)15/h4-7,10-11,14,16-17H,8-9H2,1-3H3. The highest BCUT2D eigenvalue weighted by Gasteiger charge is 2.17. The monoisotopic (exact) mass is 239 g/mol. The summed E-state index contributed by atoms with van der Waals surface area (Å²) in [5, 5.41) is 12.4. The van der Waals surface area contributed by atoms with Gasteiger partial charge >= 0.3 is 0 Å². The summed E-state index contributed by atoms with van der Waals surface area (Å²) in [6, 6.07) is 6.96. The zero-order valence-electron chi connectivity index (χ0n) is 10.8. The molecule has 0 saturated carbocycles. The molecule has 0 aliphatic rings. The summed E-state index contributed by atoms with van der Waals surface area (Å²) in [5.41, 5.74) is 0.677. The van der Waals surface area contributed by atoms with Gasteiger partial charge in [0.05, 0.1) is 0 Å². The van der Waals surface area contributed by atoms with Crippen molar-refractivity contribution in [3.8, 4) is 0 Å². The maximum atomic E-state index is 13.6. The molecule has 0 aromatic heterocycles. The molecule has 0 saturated heterocycles. The Morgan fingerprint density at radius 1 is 1.24 bits per heavy atom. The second-order valence-corrected chi connectivity index (χ2v) is 4.77. The van der Waals surface area contributed by atoms with E-state index in [-0.39, 0.29) is 24.5 Å². The minimum atomic E-state index is -0.181. The highest BCUT2D eigenvalue weighted by atomic mass is 19.1. The highest BCUT2D eigenvalue weighted by Crippen LogP contribution is 2.19. The maximum absolute atomic E-state index is 13.6. The lowest BCUT2D eigenvalue weighted by Crippen LogP contribution is -2.36. The third-order valence-electron chi connectivity index (χ3n) is 3.08. The molecule has 0 aliphatic carbocycles. The lowest BCUT2D eigenvalue weighted by atomic mass is 9.98. The Morgan fingerprint density at radius 2 is 1.88 bits per heavy atom. The van der Waals surface area contributed by atoms with E-state index in [0.717, 1.165) is 0 Å². The van der Waals surface area contributed by atoms with Crippen LogP contribution in [0.2, 0.25) is 0 Å². The molecule has 0 spiro atoms. The molecule has 17 heavy (non-hydrogen) atoms. The molecule has 0 radical (unpaired) electrons. The van der Waals surface area contributed by atoms with E-state index >= 15 is 0 Å². The van der Waals surface area contributed by atoms with Crippen LogP contribution >= 0.6 is 0 Å². The average Bonchev–Trinajstić information content (AvgIpc) is 2.28. The van der Waals surface area contributed by atoms with Gasteiger partial charge in [-0.2, -0.15) is 0 Å². The second-order valence-electron chi connectivity index (χ2n) is 4.77. The first kappa shape index (κ1) is 14.1. The van der Waals surface area contributed by atoms with Crippen molar-refractivity contribution in [2.75, 3.05) is 6.61 Å². The van der Waals surface area contributed by atoms with Crippen LogP contribution in [0.3, 0.4) is 0 Å². The molecule has 3 heteroatoms. The summed E-state index contributed by atoms with van der Waals surface area (Å²) in [5.74, 6) is 0.232. The summed E-state index contributed by atoms with van der Waals surface area (Å²) in [6.07, 6.45) is 0.691. The quantitative estimate of drug-likeness (QED) is 0.800. The molecule has 0 fully saturated rings. The Labute approximate surface area is 103 Å². The van der Waals surface area contributed by atoms with Crippen LogP contribution in [0.4, 0.5) is 4.39 Å². The molecule has 1 aromatic carbocycles. The van der Waals surface area contributed by atoms with Crippen LogP contribution in [0.5, 0.6) is 0 Å². The van der Waals surface area contributed by atoms with Crippen molar-refractivity contribution in [3.63, 3.8) is 0 Å². The zero-order valence-corrected chi connectivity index (χ0v) is 10.8. The molecule has 0 aliphatic heterocycles. The van der Waals surface area contributed by atoms with E-state index in [1.54, 1.807) is 12.1 Å². The summed E-state index contributed by atoms with van der Waals surface area (Å²) >= 11 is 0. The predicted molar refractivity (Wildman–Crippen MR) is 68.3 cm³/mol. The Kier molecular flexibility index (Phi) is 5.59. The van der Waals surface area contributed by atoms with Gasteiger partial charge in [0.25, 0.3) is 0 Å². The fourth-order valence-corrected chi connectivity index (χ4v) is 1.99. The van der Waals surface area contributed by atoms with Gasteiger partial charge in [-0.25, -0.2) is 4.39 Å². The van der Waals surface area contributed by atoms with E-state index in [9.17, 15) is 4.39 Å². The molecular formula is C14H22FNO. The van der Waals surface area contributed by atoms with Crippen molar-refractivity contribution in [1.29, 1.82) is 0 Å². The van der Waals surface area contributed by atoms with Gasteiger partial charge < -0.3 is 10.4 Å². The zero-order chi connectivity index (χ0) is 12.8. The van der Waals surface area contributed by atoms with Gasteiger partial charge in [0.2, 0.25) is 0 Å². The molecule has 0 bridgehead atoms. The SMILES string of the molecule is CC(NC(CCO)C(C)C)c1ccccc1F. The van der Waals surface area contributed by atoms with Crippen LogP contribution < -0.4 is 5.32 Å². The first-order valence-electron chi connectivity index (χ1n) is 6.17. The van der Waals surface area contributed by atoms with E-state index in [1.807, 2.05) is 13.0 Å². The number of rotatable bonds is 6. The van der Waals surface area contributed by atoms with E-state index < -0.39 is 0 Å². The van der Waals surface area contributed by atoms with Gasteiger partial charge in [-0.05, 0) is 25.3 Å². The van der Waals surface area contributed by atoms with Crippen LogP contribution in [0.25, 0.3) is 0 Å². The third-order valence-corrected chi connectivity index (χ3v) is 3.08. The van der Waals surface area contributed by atoms with Gasteiger partial charge in [0, 0.05) is 24.3 Å². The van der Waals surface area contributed by atoms with Crippen molar-refractivity contribution >= 4 is 0 Å². The number of aliphatic hydroxyl groups excluding tert-OH is 1. The lowest BCUT2D eigenvalue weighted by molar-refractivity contribution is 0.236. The molecule has 1 rings (SSSR count). The third kappa shape index (κ3) is 4.10. The molecule has 96 valence electrons. The first-order valence-corrected chi connectivity index (χ1v) is 6.17. The Morgan fingerprint density at radius 3 is 2.41 bits per heavy atom. The Balaban J connectivity index is 2.70. The number of hydrogen-bond donors (Lipinski definition) is 2. The molecule has 2 nitrogen and oxygen atoms in total. The summed E-state index contributed by atoms with van der Waals surface area (Å²) in [4.78, 5) is 0. The molecule has 0 amide bonds. The van der Waals surface area contributed by atoms with Crippen LogP contribution in [0.15, 0.2) is 24.3 Å². The first-order chi connectivity index (χ1) is 8.06. The van der Waals surface area contributed by atoms with Crippen molar-refractivity contribution in [2.45, 2.75) is 39.3 Å². The Bertz CT molecular complexity index is 341. The van der Waals surface area contributed by atoms with Crippen molar-refractivity contribution in [1.82, 2.24) is 5.32 Å². The van der Waals surface area contributed by atoms with Crippen LogP contribution in [0.1, 0.15) is 38.8 Å². The van der Waals surface area contributed by atoms with Crippen LogP contribution in [0, 0.1) is 11.7 Å². The minimum Gasteiger partial charge on any atom is -0.396 e. The average molecular weight is 239 g/mol. The molecule has 2 atom stereocenters. The number of halogens is 1. The van der Waals surface area contributed by atoms with Gasteiger partial charge in [0.1, 0.15) is 5.82 Å². The number of nitrogens with one attached hydrogen (secondary N) is 1. The van der Waals surface area contributed by atoms with Crippen molar-refractivity contribution < 1.29 is 9.50 Å². The van der Waals surface area contributed by atoms with E-state index in [2.05, 4.69) is 19.2 Å². The number of benzene rings is 1. The maximum Gasteiger partial charge on any atom is 0.127 e. The highest BCUT2D eigenvalue weighted by molar-refractivity contribution is 5.20. The molecular weight excluding hydrogens is 217 g/mol. The smallest absolute Gasteiger partial charge is 0.127 e. The normalized spacial score (nSPS) is 14.9. The van der Waals surface area contributed by atoms with Crippen molar-refractivity contribution in [3.05, 3.63) is 35.6 Å². The van der Waals surface area contributed by atoms with Gasteiger partial charge in [-0.15, -0.1) is 0 Å². The topological polar surface area (TPSA) is 32.3 Å². The summed E-state index contributed by atoms with van der Waals surface area (Å²) in [7, 11) is 0. The van der Waals surface area contributed by atoms with Gasteiger partial charge in [-0.1, -0.05) is 32.0 Å². The van der Waals surface area contributed by atoms with E-state index in [0.29, 0.717) is 17.9 Å². The second kappa shape index (κ2) is 6.72. The van der Waals surface area contributed by atoms with Gasteiger partial charge in [0.15, 0.2) is 0 Å². The largest absolute Gasteiger partial charge is 0.396 e. The van der Waals surface area contributed by atoms with Crippen LogP contribution in [-0.4, -0.2) is 17.8 Å². The van der Waals surface area contributed by atoms with Crippen LogP contribution in [-0.2, 0) is 0 Å². The molecule has 2 unspecified atom stereocenters. The summed E-state index contributed by atoms with van der Waals surface area (Å²) < 4.78 is 13.6. The lowest BCUT2D eigenvalue weighted by Gasteiger charge is -2.26. The minimum absolute atomic E-state index is 0.0462. The number of aliphatic hydroxyl groups is 1. The van der Waals surface area contributed by atoms with E-state index in [1.165, 1.54) is 6.07 Å². The molecule has 2 N–H and O–H groups in total. The molecule has 0 heterocycles. The summed E-state index contributed by atoms with van der Waals surface area (Å²) in [6.45, 7) is 6.30. The molecule has 1 aromatic rings. The Hall–Kier alpha value is -0.930. The predicted octanol–water partition coefficient (Wildman–Crippen LogP) is 2.88. The van der Waals surface area contributed by atoms with Gasteiger partial charge in [-0.3, -0.25) is 0 Å². The number of hydrogen-bond acceptors (Lipinski definition) is 2.